The Bertz CT molecular complexity index is 928. The maximum atomic E-state index is 13.5. The van der Waals surface area contributed by atoms with E-state index in [1.165, 1.54) is 18.2 Å². The van der Waals surface area contributed by atoms with E-state index >= 15 is 0 Å². The van der Waals surface area contributed by atoms with Crippen LogP contribution >= 0.6 is 0 Å². The quantitative estimate of drug-likeness (QED) is 0.695. The molecule has 0 spiro atoms. The Morgan fingerprint density at radius 2 is 1.44 bits per heavy atom. The first-order valence-electron chi connectivity index (χ1n) is 8.27. The van der Waals surface area contributed by atoms with Gasteiger partial charge in [-0.3, -0.25) is 9.59 Å². The van der Waals surface area contributed by atoms with Gasteiger partial charge in [0.15, 0.2) is 0 Å². The van der Waals surface area contributed by atoms with Crippen LogP contribution in [0.1, 0.15) is 10.4 Å². The molecule has 27 heavy (non-hydrogen) atoms. The van der Waals surface area contributed by atoms with E-state index in [0.717, 1.165) is 0 Å². The van der Waals surface area contributed by atoms with Crippen molar-refractivity contribution in [2.45, 2.75) is 0 Å². The summed E-state index contributed by atoms with van der Waals surface area (Å²) in [5.74, 6) is -0.178. The fraction of sp³-hybridized carbons (Fsp3) is 0.0476. The van der Waals surface area contributed by atoms with Crippen molar-refractivity contribution in [2.24, 2.45) is 0 Å². The minimum atomic E-state index is -0.536. The number of para-hydroxylation sites is 2. The van der Waals surface area contributed by atoms with E-state index in [1.54, 1.807) is 30.3 Å². The number of hydrogen-bond acceptors (Lipinski definition) is 3. The predicted octanol–water partition coefficient (Wildman–Crippen LogP) is 3.99. The zero-order chi connectivity index (χ0) is 19.1. The van der Waals surface area contributed by atoms with Crippen LogP contribution in [0.15, 0.2) is 78.9 Å². The van der Waals surface area contributed by atoms with Gasteiger partial charge in [0.25, 0.3) is 5.91 Å². The molecule has 2 amide bonds. The van der Waals surface area contributed by atoms with Crippen molar-refractivity contribution in [1.82, 2.24) is 5.32 Å². The summed E-state index contributed by atoms with van der Waals surface area (Å²) in [7, 11) is 0. The smallest absolute Gasteiger partial charge is 0.251 e. The number of carbonyl (C=O) groups excluding carboxylic acids is 2. The van der Waals surface area contributed by atoms with Gasteiger partial charge in [-0.1, -0.05) is 30.3 Å². The third-order valence-electron chi connectivity index (χ3n) is 3.65. The van der Waals surface area contributed by atoms with E-state index in [4.69, 9.17) is 4.74 Å². The van der Waals surface area contributed by atoms with E-state index in [1.807, 2.05) is 30.3 Å². The molecule has 0 radical (unpaired) electrons. The Labute approximate surface area is 155 Å². The molecule has 0 saturated carbocycles. The van der Waals surface area contributed by atoms with Gasteiger partial charge in [-0.2, -0.15) is 0 Å². The van der Waals surface area contributed by atoms with E-state index in [0.29, 0.717) is 17.1 Å². The fourth-order valence-electron chi connectivity index (χ4n) is 2.32. The Morgan fingerprint density at radius 1 is 0.815 bits per heavy atom. The average molecular weight is 364 g/mol. The van der Waals surface area contributed by atoms with E-state index < -0.39 is 17.6 Å². The van der Waals surface area contributed by atoms with Crippen LogP contribution < -0.4 is 15.4 Å². The van der Waals surface area contributed by atoms with Crippen molar-refractivity contribution in [1.29, 1.82) is 0 Å². The number of amides is 2. The van der Waals surface area contributed by atoms with Crippen molar-refractivity contribution < 1.29 is 18.7 Å². The first-order chi connectivity index (χ1) is 13.1. The third-order valence-corrected chi connectivity index (χ3v) is 3.65. The van der Waals surface area contributed by atoms with Gasteiger partial charge in [0.1, 0.15) is 17.3 Å². The van der Waals surface area contributed by atoms with Crippen LogP contribution in [0.25, 0.3) is 0 Å². The van der Waals surface area contributed by atoms with Crippen molar-refractivity contribution in [3.63, 3.8) is 0 Å². The molecule has 3 aromatic rings. The second-order valence-corrected chi connectivity index (χ2v) is 5.65. The van der Waals surface area contributed by atoms with Crippen LogP contribution in [0, 0.1) is 5.82 Å². The number of nitrogens with one attached hydrogen (secondary N) is 2. The molecule has 3 aromatic carbocycles. The Morgan fingerprint density at radius 3 is 2.15 bits per heavy atom. The fourth-order valence-corrected chi connectivity index (χ4v) is 2.32. The topological polar surface area (TPSA) is 67.4 Å². The third kappa shape index (κ3) is 5.15. The Balaban J connectivity index is 1.52. The number of anilines is 1. The van der Waals surface area contributed by atoms with E-state index in [2.05, 4.69) is 10.6 Å². The molecule has 0 aliphatic carbocycles. The highest BCUT2D eigenvalue weighted by Gasteiger charge is 2.10. The van der Waals surface area contributed by atoms with Crippen molar-refractivity contribution >= 4 is 17.5 Å². The van der Waals surface area contributed by atoms with Gasteiger partial charge in [-0.15, -0.1) is 0 Å². The minimum Gasteiger partial charge on any atom is -0.457 e. The molecule has 6 heteroatoms. The zero-order valence-corrected chi connectivity index (χ0v) is 14.3. The zero-order valence-electron chi connectivity index (χ0n) is 14.3. The summed E-state index contributed by atoms with van der Waals surface area (Å²) in [5.41, 5.74) is 0.452. The Hall–Kier alpha value is -3.67. The summed E-state index contributed by atoms with van der Waals surface area (Å²) in [5, 5.41) is 4.90. The molecule has 0 aliphatic heterocycles. The standard InChI is InChI=1S/C21H17FN2O3/c22-18-8-4-5-9-19(18)24-20(25)14-23-21(26)15-10-12-17(13-11-15)27-16-6-2-1-3-7-16/h1-13H,14H2,(H,23,26)(H,24,25). The monoisotopic (exact) mass is 364 g/mol. The average Bonchev–Trinajstić information content (AvgIpc) is 2.69. The van der Waals surface area contributed by atoms with Crippen molar-refractivity contribution in [3.8, 4) is 11.5 Å². The number of carbonyl (C=O) groups is 2. The largest absolute Gasteiger partial charge is 0.457 e. The second kappa shape index (κ2) is 8.62. The number of ether oxygens (including phenoxy) is 1. The molecule has 0 fully saturated rings. The van der Waals surface area contributed by atoms with Gasteiger partial charge in [-0.25, -0.2) is 4.39 Å². The molecule has 136 valence electrons. The maximum Gasteiger partial charge on any atom is 0.251 e. The van der Waals surface area contributed by atoms with Crippen LogP contribution in [-0.4, -0.2) is 18.4 Å². The lowest BCUT2D eigenvalue weighted by Gasteiger charge is -2.09. The number of rotatable bonds is 6. The summed E-state index contributed by atoms with van der Waals surface area (Å²) >= 11 is 0. The summed E-state index contributed by atoms with van der Waals surface area (Å²) in [6, 6.07) is 21.6. The van der Waals surface area contributed by atoms with Gasteiger partial charge in [0.05, 0.1) is 12.2 Å². The van der Waals surface area contributed by atoms with Gasteiger partial charge >= 0.3 is 0 Å². The van der Waals surface area contributed by atoms with Crippen molar-refractivity contribution in [2.75, 3.05) is 11.9 Å². The molecule has 0 saturated heterocycles. The molecule has 0 atom stereocenters. The SMILES string of the molecule is O=C(CNC(=O)c1ccc(Oc2ccccc2)cc1)Nc1ccccc1F. The minimum absolute atomic E-state index is 0.0687. The molecule has 0 unspecified atom stereocenters. The Kier molecular flexibility index (Phi) is 5.79. The first-order valence-corrected chi connectivity index (χ1v) is 8.27. The highest BCUT2D eigenvalue weighted by molar-refractivity contribution is 5.99. The first kappa shape index (κ1) is 18.1. The molecular formula is C21H17FN2O3. The number of halogens is 1. The molecular weight excluding hydrogens is 347 g/mol. The van der Waals surface area contributed by atoms with Crippen molar-refractivity contribution in [3.05, 3.63) is 90.2 Å². The molecule has 0 aliphatic rings. The molecule has 5 nitrogen and oxygen atoms in total. The lowest BCUT2D eigenvalue weighted by Crippen LogP contribution is -2.33. The van der Waals surface area contributed by atoms with Crippen LogP contribution in [0.2, 0.25) is 0 Å². The molecule has 3 rings (SSSR count). The van der Waals surface area contributed by atoms with Crippen LogP contribution in [0.4, 0.5) is 10.1 Å². The molecule has 0 heterocycles. The summed E-state index contributed by atoms with van der Waals surface area (Å²) in [6.45, 7) is -0.268. The van der Waals surface area contributed by atoms with Crippen LogP contribution in [-0.2, 0) is 4.79 Å². The van der Waals surface area contributed by atoms with E-state index in [-0.39, 0.29) is 12.2 Å². The highest BCUT2D eigenvalue weighted by Crippen LogP contribution is 2.21. The summed E-state index contributed by atoms with van der Waals surface area (Å²) in [4.78, 5) is 24.0. The maximum absolute atomic E-state index is 13.5. The lowest BCUT2D eigenvalue weighted by molar-refractivity contribution is -0.115. The second-order valence-electron chi connectivity index (χ2n) is 5.65. The molecule has 0 aromatic heterocycles. The summed E-state index contributed by atoms with van der Waals surface area (Å²) in [6.07, 6.45) is 0. The number of hydrogen-bond donors (Lipinski definition) is 2. The predicted molar refractivity (Wildman–Crippen MR) is 100 cm³/mol. The van der Waals surface area contributed by atoms with Crippen LogP contribution in [0.5, 0.6) is 11.5 Å². The van der Waals surface area contributed by atoms with Gasteiger partial charge in [0.2, 0.25) is 5.91 Å². The normalized spacial score (nSPS) is 10.1. The van der Waals surface area contributed by atoms with Gasteiger partial charge in [-0.05, 0) is 48.5 Å². The number of benzene rings is 3. The lowest BCUT2D eigenvalue weighted by atomic mass is 10.2. The summed E-state index contributed by atoms with van der Waals surface area (Å²) < 4.78 is 19.2. The van der Waals surface area contributed by atoms with Gasteiger partial charge in [0, 0.05) is 5.56 Å². The molecule has 2 N–H and O–H groups in total. The molecule has 0 bridgehead atoms. The van der Waals surface area contributed by atoms with Gasteiger partial charge < -0.3 is 15.4 Å². The highest BCUT2D eigenvalue weighted by atomic mass is 19.1. The van der Waals surface area contributed by atoms with E-state index in [9.17, 15) is 14.0 Å². The van der Waals surface area contributed by atoms with Crippen LogP contribution in [0.3, 0.4) is 0 Å².